The van der Waals surface area contributed by atoms with Crippen molar-refractivity contribution in [1.29, 1.82) is 0 Å². The minimum atomic E-state index is -0.683. The van der Waals surface area contributed by atoms with Crippen LogP contribution >= 0.6 is 23.2 Å². The van der Waals surface area contributed by atoms with Gasteiger partial charge in [-0.1, -0.05) is 89.4 Å². The molecule has 0 aliphatic rings. The predicted octanol–water partition coefficient (Wildman–Crippen LogP) is 5.23. The summed E-state index contributed by atoms with van der Waals surface area (Å²) in [6.45, 7) is 2.31. The lowest BCUT2D eigenvalue weighted by Crippen LogP contribution is -2.50. The van der Waals surface area contributed by atoms with E-state index in [0.717, 1.165) is 16.7 Å². The number of nitrogens with one attached hydrogen (secondary N) is 1. The molecule has 3 aromatic rings. The Labute approximate surface area is 199 Å². The van der Waals surface area contributed by atoms with Crippen molar-refractivity contribution < 1.29 is 9.59 Å². The first-order valence-electron chi connectivity index (χ1n) is 10.4. The molecule has 0 saturated heterocycles. The molecular formula is C26H26Cl2N2O2. The van der Waals surface area contributed by atoms with Crippen molar-refractivity contribution in [3.05, 3.63) is 105 Å². The third kappa shape index (κ3) is 6.12. The Kier molecular flexibility index (Phi) is 8.32. The van der Waals surface area contributed by atoms with Crippen LogP contribution in [0, 0.1) is 6.92 Å². The van der Waals surface area contributed by atoms with E-state index in [-0.39, 0.29) is 18.2 Å². The molecule has 1 N–H and O–H groups in total. The molecule has 32 heavy (non-hydrogen) atoms. The SMILES string of the molecule is CNC(=O)[C@H](Cc1ccccc1)N(Cc1ccc(C)cc1)C(=O)Cc1c(Cl)cccc1Cl. The third-order valence-corrected chi connectivity index (χ3v) is 6.09. The normalized spacial score (nSPS) is 11.6. The van der Waals surface area contributed by atoms with Crippen molar-refractivity contribution in [2.45, 2.75) is 32.4 Å². The van der Waals surface area contributed by atoms with E-state index in [0.29, 0.717) is 28.6 Å². The van der Waals surface area contributed by atoms with Gasteiger partial charge >= 0.3 is 0 Å². The van der Waals surface area contributed by atoms with Crippen LogP contribution in [0.15, 0.2) is 72.8 Å². The van der Waals surface area contributed by atoms with Gasteiger partial charge in [-0.25, -0.2) is 0 Å². The number of aryl methyl sites for hydroxylation is 1. The largest absolute Gasteiger partial charge is 0.357 e. The average molecular weight is 469 g/mol. The molecule has 0 spiro atoms. The predicted molar refractivity (Wildman–Crippen MR) is 130 cm³/mol. The van der Waals surface area contributed by atoms with Gasteiger partial charge in [-0.2, -0.15) is 0 Å². The van der Waals surface area contributed by atoms with Crippen molar-refractivity contribution in [1.82, 2.24) is 10.2 Å². The second-order valence-corrected chi connectivity index (χ2v) is 8.52. The van der Waals surface area contributed by atoms with Crippen LogP contribution in [0.3, 0.4) is 0 Å². The topological polar surface area (TPSA) is 49.4 Å². The van der Waals surface area contributed by atoms with Crippen LogP contribution in [-0.4, -0.2) is 29.8 Å². The van der Waals surface area contributed by atoms with Gasteiger partial charge in [0.2, 0.25) is 11.8 Å². The van der Waals surface area contributed by atoms with E-state index in [1.54, 1.807) is 30.1 Å². The Hall–Kier alpha value is -2.82. The smallest absolute Gasteiger partial charge is 0.242 e. The van der Waals surface area contributed by atoms with Gasteiger partial charge in [-0.3, -0.25) is 9.59 Å². The lowest BCUT2D eigenvalue weighted by molar-refractivity contribution is -0.140. The Balaban J connectivity index is 1.97. The first-order valence-corrected chi connectivity index (χ1v) is 11.2. The lowest BCUT2D eigenvalue weighted by atomic mass is 10.0. The fourth-order valence-corrected chi connectivity index (χ4v) is 4.10. The van der Waals surface area contributed by atoms with Gasteiger partial charge in [0, 0.05) is 30.1 Å². The van der Waals surface area contributed by atoms with Crippen LogP contribution in [0.2, 0.25) is 10.0 Å². The molecule has 4 nitrogen and oxygen atoms in total. The summed E-state index contributed by atoms with van der Waals surface area (Å²) < 4.78 is 0. The van der Waals surface area contributed by atoms with Crippen LogP contribution in [0.4, 0.5) is 0 Å². The van der Waals surface area contributed by atoms with Crippen LogP contribution < -0.4 is 5.32 Å². The number of hydrogen-bond donors (Lipinski definition) is 1. The van der Waals surface area contributed by atoms with Gasteiger partial charge in [0.1, 0.15) is 6.04 Å². The van der Waals surface area contributed by atoms with E-state index in [1.165, 1.54) is 0 Å². The summed E-state index contributed by atoms with van der Waals surface area (Å²) in [5.41, 5.74) is 3.60. The highest BCUT2D eigenvalue weighted by molar-refractivity contribution is 6.36. The van der Waals surface area contributed by atoms with Gasteiger partial charge in [-0.15, -0.1) is 0 Å². The Morgan fingerprint density at radius 3 is 2.09 bits per heavy atom. The summed E-state index contributed by atoms with van der Waals surface area (Å²) in [6, 6.07) is 22.1. The maximum atomic E-state index is 13.6. The zero-order valence-electron chi connectivity index (χ0n) is 18.1. The second-order valence-electron chi connectivity index (χ2n) is 7.70. The van der Waals surface area contributed by atoms with Crippen molar-refractivity contribution in [2.75, 3.05) is 7.05 Å². The molecule has 3 aromatic carbocycles. The van der Waals surface area contributed by atoms with Gasteiger partial charge < -0.3 is 10.2 Å². The zero-order chi connectivity index (χ0) is 23.1. The minimum absolute atomic E-state index is 0.00660. The monoisotopic (exact) mass is 468 g/mol. The van der Waals surface area contributed by atoms with Crippen molar-refractivity contribution in [3.8, 4) is 0 Å². The molecule has 166 valence electrons. The number of likely N-dealkylation sites (N-methyl/N-ethyl adjacent to an activating group) is 1. The highest BCUT2D eigenvalue weighted by Gasteiger charge is 2.30. The maximum Gasteiger partial charge on any atom is 0.242 e. The van der Waals surface area contributed by atoms with Crippen molar-refractivity contribution >= 4 is 35.0 Å². The van der Waals surface area contributed by atoms with Gasteiger partial charge in [0.15, 0.2) is 0 Å². The summed E-state index contributed by atoms with van der Waals surface area (Å²) in [6.07, 6.45) is 0.404. The second kappa shape index (κ2) is 11.2. The molecule has 6 heteroatoms. The Morgan fingerprint density at radius 1 is 0.875 bits per heavy atom. The summed E-state index contributed by atoms with van der Waals surface area (Å²) >= 11 is 12.6. The molecule has 3 rings (SSSR count). The molecule has 0 heterocycles. The van der Waals surface area contributed by atoms with Crippen molar-refractivity contribution in [3.63, 3.8) is 0 Å². The van der Waals surface area contributed by atoms with Crippen LogP contribution in [0.1, 0.15) is 22.3 Å². The fraction of sp³-hybridized carbons (Fsp3) is 0.231. The summed E-state index contributed by atoms with van der Waals surface area (Å²) in [7, 11) is 1.58. The number of nitrogens with zero attached hydrogens (tertiary/aromatic N) is 1. The average Bonchev–Trinajstić information content (AvgIpc) is 2.80. The fourth-order valence-electron chi connectivity index (χ4n) is 3.56. The van der Waals surface area contributed by atoms with Crippen LogP contribution in [0.5, 0.6) is 0 Å². The number of halogens is 2. The van der Waals surface area contributed by atoms with Gasteiger partial charge in [0.05, 0.1) is 6.42 Å². The molecule has 0 unspecified atom stereocenters. The van der Waals surface area contributed by atoms with E-state index in [4.69, 9.17) is 23.2 Å². The molecule has 0 saturated carbocycles. The molecule has 0 aliphatic carbocycles. The Bertz CT molecular complexity index is 1050. The van der Waals surface area contributed by atoms with Crippen LogP contribution in [0.25, 0.3) is 0 Å². The Morgan fingerprint density at radius 2 is 1.50 bits per heavy atom. The van der Waals surface area contributed by atoms with Gasteiger partial charge in [0.25, 0.3) is 0 Å². The molecule has 1 atom stereocenters. The quantitative estimate of drug-likeness (QED) is 0.491. The summed E-state index contributed by atoms with van der Waals surface area (Å²) in [5.74, 6) is -0.440. The van der Waals surface area contributed by atoms with E-state index >= 15 is 0 Å². The van der Waals surface area contributed by atoms with Gasteiger partial charge in [-0.05, 0) is 35.7 Å². The molecule has 0 fully saturated rings. The number of benzene rings is 3. The van der Waals surface area contributed by atoms with Crippen LogP contribution in [-0.2, 0) is 29.0 Å². The lowest BCUT2D eigenvalue weighted by Gasteiger charge is -2.31. The first kappa shape index (κ1) is 23.8. The number of rotatable bonds is 8. The van der Waals surface area contributed by atoms with Crippen molar-refractivity contribution in [2.24, 2.45) is 0 Å². The summed E-state index contributed by atoms with van der Waals surface area (Å²) in [5, 5.41) is 3.58. The standard InChI is InChI=1S/C26H26Cl2N2O2/c1-18-11-13-20(14-12-18)17-30(25(31)16-21-22(27)9-6-10-23(21)28)24(26(32)29-2)15-19-7-4-3-5-8-19/h3-14,24H,15-17H2,1-2H3,(H,29,32)/t24-/m0/s1. The van der Waals surface area contributed by atoms with E-state index in [2.05, 4.69) is 5.32 Å². The number of carbonyl (C=O) groups excluding carboxylic acids is 2. The number of hydrogen-bond acceptors (Lipinski definition) is 2. The first-order chi connectivity index (χ1) is 15.4. The highest BCUT2D eigenvalue weighted by Crippen LogP contribution is 2.26. The highest BCUT2D eigenvalue weighted by atomic mass is 35.5. The third-order valence-electron chi connectivity index (χ3n) is 5.38. The molecule has 0 aromatic heterocycles. The number of amides is 2. The molecule has 0 bridgehead atoms. The molecule has 0 radical (unpaired) electrons. The zero-order valence-corrected chi connectivity index (χ0v) is 19.7. The summed E-state index contributed by atoms with van der Waals surface area (Å²) in [4.78, 5) is 28.1. The van der Waals surface area contributed by atoms with E-state index in [1.807, 2.05) is 61.5 Å². The maximum absolute atomic E-state index is 13.6. The molecule has 2 amide bonds. The van der Waals surface area contributed by atoms with E-state index in [9.17, 15) is 9.59 Å². The number of carbonyl (C=O) groups is 2. The molecular weight excluding hydrogens is 443 g/mol. The van der Waals surface area contributed by atoms with E-state index < -0.39 is 6.04 Å². The molecule has 0 aliphatic heterocycles. The minimum Gasteiger partial charge on any atom is -0.357 e.